The Hall–Kier alpha value is -3.53. The van der Waals surface area contributed by atoms with Crippen molar-refractivity contribution < 1.29 is 9.53 Å². The summed E-state index contributed by atoms with van der Waals surface area (Å²) < 4.78 is 5.22. The molecule has 1 aromatic heterocycles. The molecule has 0 saturated carbocycles. The average Bonchev–Trinajstić information content (AvgIpc) is 3.18. The van der Waals surface area contributed by atoms with Gasteiger partial charge in [-0.15, -0.1) is 0 Å². The highest BCUT2D eigenvalue weighted by Crippen LogP contribution is 2.30. The fraction of sp³-hybridized carbons (Fsp3) is 0.125. The van der Waals surface area contributed by atoms with Gasteiger partial charge in [0.2, 0.25) is 0 Å². The average molecular weight is 370 g/mol. The van der Waals surface area contributed by atoms with Crippen LogP contribution < -0.4 is 10.1 Å². The zero-order chi connectivity index (χ0) is 19.3. The molecule has 1 heterocycles. The summed E-state index contributed by atoms with van der Waals surface area (Å²) in [5.74, 6) is 0.607. The molecule has 4 heteroatoms. The Morgan fingerprint density at radius 1 is 1.00 bits per heavy atom. The third-order valence-electron chi connectivity index (χ3n) is 5.00. The van der Waals surface area contributed by atoms with E-state index in [1.165, 1.54) is 10.9 Å². The maximum atomic E-state index is 12.7. The monoisotopic (exact) mass is 370 g/mol. The highest BCUT2D eigenvalue weighted by Gasteiger charge is 2.19. The fourth-order valence-corrected chi connectivity index (χ4v) is 3.54. The van der Waals surface area contributed by atoms with E-state index in [1.807, 2.05) is 48.7 Å². The fourth-order valence-electron chi connectivity index (χ4n) is 3.54. The first-order valence-electron chi connectivity index (χ1n) is 9.29. The summed E-state index contributed by atoms with van der Waals surface area (Å²) in [6.07, 6.45) is 2.04. The number of hydrogen-bond donors (Lipinski definition) is 2. The number of fused-ring (bicyclic) bond motifs is 1. The normalized spacial score (nSPS) is 11.9. The highest BCUT2D eigenvalue weighted by molar-refractivity contribution is 5.94. The number of hydrogen-bond acceptors (Lipinski definition) is 2. The lowest BCUT2D eigenvalue weighted by atomic mass is 9.91. The third-order valence-corrected chi connectivity index (χ3v) is 5.00. The van der Waals surface area contributed by atoms with Crippen molar-refractivity contribution >= 4 is 16.8 Å². The quantitative estimate of drug-likeness (QED) is 0.515. The van der Waals surface area contributed by atoms with Gasteiger partial charge in [0, 0.05) is 35.1 Å². The number of carbonyl (C=O) groups is 1. The highest BCUT2D eigenvalue weighted by atomic mass is 16.5. The van der Waals surface area contributed by atoms with E-state index in [0.717, 1.165) is 11.1 Å². The van der Waals surface area contributed by atoms with Crippen molar-refractivity contribution in [3.63, 3.8) is 0 Å². The molecule has 0 spiro atoms. The summed E-state index contributed by atoms with van der Waals surface area (Å²) >= 11 is 0. The molecule has 0 saturated heterocycles. The Morgan fingerprint density at radius 2 is 1.79 bits per heavy atom. The molecule has 0 aliphatic heterocycles. The maximum Gasteiger partial charge on any atom is 0.251 e. The zero-order valence-corrected chi connectivity index (χ0v) is 15.7. The topological polar surface area (TPSA) is 54.1 Å². The van der Waals surface area contributed by atoms with Crippen molar-refractivity contribution in [2.75, 3.05) is 13.7 Å². The van der Waals surface area contributed by atoms with Crippen LogP contribution in [-0.4, -0.2) is 24.5 Å². The van der Waals surface area contributed by atoms with Gasteiger partial charge in [0.1, 0.15) is 5.75 Å². The van der Waals surface area contributed by atoms with Crippen molar-refractivity contribution in [1.29, 1.82) is 0 Å². The predicted octanol–water partition coefficient (Wildman–Crippen LogP) is 4.74. The molecule has 0 unspecified atom stereocenters. The minimum Gasteiger partial charge on any atom is -0.497 e. The molecule has 1 atom stereocenters. The van der Waals surface area contributed by atoms with E-state index < -0.39 is 0 Å². The first-order chi connectivity index (χ1) is 13.8. The number of benzene rings is 3. The second kappa shape index (κ2) is 8.01. The van der Waals surface area contributed by atoms with Gasteiger partial charge in [0.05, 0.1) is 7.11 Å². The second-order valence-electron chi connectivity index (χ2n) is 6.69. The molecular weight excluding hydrogens is 348 g/mol. The molecule has 0 aliphatic rings. The third kappa shape index (κ3) is 3.62. The summed E-state index contributed by atoms with van der Waals surface area (Å²) in [6, 6.07) is 25.7. The Balaban J connectivity index is 1.62. The van der Waals surface area contributed by atoms with E-state index in [1.54, 1.807) is 19.2 Å². The lowest BCUT2D eigenvalue weighted by molar-refractivity contribution is 0.0952. The minimum absolute atomic E-state index is 0.0481. The molecule has 1 amide bonds. The van der Waals surface area contributed by atoms with Crippen molar-refractivity contribution in [3.8, 4) is 5.75 Å². The summed E-state index contributed by atoms with van der Waals surface area (Å²) in [7, 11) is 1.60. The van der Waals surface area contributed by atoms with Crippen molar-refractivity contribution in [2.24, 2.45) is 0 Å². The molecule has 28 heavy (non-hydrogen) atoms. The van der Waals surface area contributed by atoms with Gasteiger partial charge in [-0.25, -0.2) is 0 Å². The number of methoxy groups -OCH3 is 1. The molecule has 0 fully saturated rings. The van der Waals surface area contributed by atoms with Crippen LogP contribution in [0.25, 0.3) is 10.9 Å². The molecule has 140 valence electrons. The van der Waals surface area contributed by atoms with Gasteiger partial charge in [0.15, 0.2) is 0 Å². The number of para-hydroxylation sites is 1. The molecule has 0 bridgehead atoms. The van der Waals surface area contributed by atoms with Gasteiger partial charge in [-0.05, 0) is 35.4 Å². The number of H-pyrrole nitrogens is 1. The standard InChI is InChI=1S/C24H22N2O2/c1-28-19-11-7-10-18(14-19)24(27)26-15-21(17-8-3-2-4-9-17)22-16-25-23-13-6-5-12-20(22)23/h2-14,16,21,25H,15H2,1H3,(H,26,27)/t21-/m1/s1. The molecule has 2 N–H and O–H groups in total. The first-order valence-corrected chi connectivity index (χ1v) is 9.29. The van der Waals surface area contributed by atoms with Crippen LogP contribution in [0.3, 0.4) is 0 Å². The lowest BCUT2D eigenvalue weighted by Crippen LogP contribution is -2.28. The van der Waals surface area contributed by atoms with Crippen LogP contribution in [0.4, 0.5) is 0 Å². The van der Waals surface area contributed by atoms with Gasteiger partial charge in [-0.2, -0.15) is 0 Å². The molecule has 3 aromatic carbocycles. The summed E-state index contributed by atoms with van der Waals surface area (Å²) in [5, 5.41) is 4.27. The second-order valence-corrected chi connectivity index (χ2v) is 6.69. The summed E-state index contributed by atoms with van der Waals surface area (Å²) in [5.41, 5.74) is 4.02. The van der Waals surface area contributed by atoms with E-state index in [9.17, 15) is 4.79 Å². The van der Waals surface area contributed by atoms with Crippen LogP contribution in [0.5, 0.6) is 5.75 Å². The number of carbonyl (C=O) groups excluding carboxylic acids is 1. The van der Waals surface area contributed by atoms with Gasteiger partial charge in [-0.3, -0.25) is 4.79 Å². The van der Waals surface area contributed by atoms with Crippen molar-refractivity contribution in [2.45, 2.75) is 5.92 Å². The number of amides is 1. The van der Waals surface area contributed by atoms with E-state index >= 15 is 0 Å². The van der Waals surface area contributed by atoms with Gasteiger partial charge < -0.3 is 15.0 Å². The Labute approximate surface area is 164 Å². The van der Waals surface area contributed by atoms with Crippen LogP contribution in [0.15, 0.2) is 85.1 Å². The number of aromatic nitrogens is 1. The van der Waals surface area contributed by atoms with E-state index in [4.69, 9.17) is 4.74 Å². The minimum atomic E-state index is -0.111. The van der Waals surface area contributed by atoms with Crippen LogP contribution in [0, 0.1) is 0 Å². The molecule has 0 radical (unpaired) electrons. The van der Waals surface area contributed by atoms with E-state index in [2.05, 4.69) is 34.6 Å². The Kier molecular flexibility index (Phi) is 5.11. The maximum absolute atomic E-state index is 12.7. The lowest BCUT2D eigenvalue weighted by Gasteiger charge is -2.18. The Morgan fingerprint density at radius 3 is 2.61 bits per heavy atom. The molecule has 0 aliphatic carbocycles. The van der Waals surface area contributed by atoms with Crippen molar-refractivity contribution in [1.82, 2.24) is 10.3 Å². The van der Waals surface area contributed by atoms with Crippen LogP contribution in [-0.2, 0) is 0 Å². The molecular formula is C24H22N2O2. The van der Waals surface area contributed by atoms with Gasteiger partial charge >= 0.3 is 0 Å². The molecule has 4 nitrogen and oxygen atoms in total. The predicted molar refractivity (Wildman–Crippen MR) is 112 cm³/mol. The van der Waals surface area contributed by atoms with E-state index in [-0.39, 0.29) is 11.8 Å². The first kappa shape index (κ1) is 17.9. The number of rotatable bonds is 6. The number of aromatic amines is 1. The SMILES string of the molecule is COc1cccc(C(=O)NC[C@H](c2ccccc2)c2c[nH]c3ccccc23)c1. The van der Waals surface area contributed by atoms with Gasteiger partial charge in [0.25, 0.3) is 5.91 Å². The Bertz CT molecular complexity index is 1090. The summed E-state index contributed by atoms with van der Waals surface area (Å²) in [4.78, 5) is 16.1. The summed E-state index contributed by atoms with van der Waals surface area (Å²) in [6.45, 7) is 0.502. The number of ether oxygens (including phenoxy) is 1. The van der Waals surface area contributed by atoms with Crippen LogP contribution in [0.1, 0.15) is 27.4 Å². The molecule has 4 aromatic rings. The smallest absolute Gasteiger partial charge is 0.251 e. The van der Waals surface area contributed by atoms with Crippen molar-refractivity contribution in [3.05, 3.63) is 102 Å². The van der Waals surface area contributed by atoms with Crippen LogP contribution in [0.2, 0.25) is 0 Å². The largest absolute Gasteiger partial charge is 0.497 e. The van der Waals surface area contributed by atoms with E-state index in [0.29, 0.717) is 17.9 Å². The zero-order valence-electron chi connectivity index (χ0n) is 15.7. The van der Waals surface area contributed by atoms with Gasteiger partial charge in [-0.1, -0.05) is 54.6 Å². The number of nitrogens with one attached hydrogen (secondary N) is 2. The van der Waals surface area contributed by atoms with Crippen LogP contribution >= 0.6 is 0 Å². The molecule has 4 rings (SSSR count).